The summed E-state index contributed by atoms with van der Waals surface area (Å²) in [6, 6.07) is 12.0. The third-order valence-electron chi connectivity index (χ3n) is 15.7. The number of carbonyl (C=O) groups excluding carboxylic acids is 7. The summed E-state index contributed by atoms with van der Waals surface area (Å²) in [5, 5.41) is 2.92. The fraction of sp³-hybridized carbons (Fsp3) is 0.632. The molecule has 6 heterocycles. The van der Waals surface area contributed by atoms with Crippen molar-refractivity contribution in [1.29, 1.82) is 0 Å². The zero-order valence-corrected chi connectivity index (χ0v) is 44.0. The molecule has 6 aliphatic rings. The first kappa shape index (κ1) is 53.4. The first-order valence-electron chi connectivity index (χ1n) is 27.4. The average Bonchev–Trinajstić information content (AvgIpc) is 4.08. The molecule has 16 heteroatoms. The molecule has 7 amide bonds. The van der Waals surface area contributed by atoms with Crippen LogP contribution in [0.15, 0.2) is 69.9 Å². The Balaban J connectivity index is 0.000000195. The molecule has 2 aliphatic carbocycles. The first-order valence-corrected chi connectivity index (χ1v) is 27.4. The molecule has 3 aromatic rings. The largest absolute Gasteiger partial charge is 0.459 e. The van der Waals surface area contributed by atoms with E-state index in [4.69, 9.17) is 8.83 Å². The summed E-state index contributed by atoms with van der Waals surface area (Å²) in [7, 11) is 0. The van der Waals surface area contributed by atoms with Crippen molar-refractivity contribution in [2.45, 2.75) is 168 Å². The van der Waals surface area contributed by atoms with E-state index in [0.29, 0.717) is 62.8 Å². The number of amides is 7. The van der Waals surface area contributed by atoms with E-state index in [2.05, 4.69) is 19.2 Å². The number of benzene rings is 1. The summed E-state index contributed by atoms with van der Waals surface area (Å²) in [5.41, 5.74) is 1.36. The van der Waals surface area contributed by atoms with Crippen molar-refractivity contribution in [1.82, 2.24) is 34.7 Å². The summed E-state index contributed by atoms with van der Waals surface area (Å²) in [6.07, 6.45) is 15.2. The van der Waals surface area contributed by atoms with Crippen molar-refractivity contribution in [2.24, 2.45) is 29.6 Å². The van der Waals surface area contributed by atoms with E-state index in [0.717, 1.165) is 31.2 Å². The van der Waals surface area contributed by atoms with Gasteiger partial charge in [0.05, 0.1) is 25.6 Å². The predicted octanol–water partition coefficient (Wildman–Crippen LogP) is 8.19. The Hall–Kier alpha value is -5.93. The van der Waals surface area contributed by atoms with Gasteiger partial charge < -0.3 is 43.6 Å². The molecule has 3 saturated heterocycles. The van der Waals surface area contributed by atoms with Gasteiger partial charge in [-0.2, -0.15) is 0 Å². The first-order chi connectivity index (χ1) is 35.1. The van der Waals surface area contributed by atoms with E-state index in [1.807, 2.05) is 55.7 Å². The summed E-state index contributed by atoms with van der Waals surface area (Å²) in [6.45, 7) is 14.7. The zero-order chi connectivity index (χ0) is 51.9. The monoisotopic (exact) mass is 1010 g/mol. The van der Waals surface area contributed by atoms with E-state index >= 15 is 0 Å². The van der Waals surface area contributed by atoms with Gasteiger partial charge in [0.15, 0.2) is 11.5 Å². The van der Waals surface area contributed by atoms with Crippen molar-refractivity contribution in [3.63, 3.8) is 0 Å². The summed E-state index contributed by atoms with van der Waals surface area (Å²) in [5.74, 6) is 0.670. The topological polar surface area (TPSA) is 177 Å². The minimum absolute atomic E-state index is 0.0126. The van der Waals surface area contributed by atoms with Crippen LogP contribution in [0, 0.1) is 29.6 Å². The van der Waals surface area contributed by atoms with Gasteiger partial charge in [-0.3, -0.25) is 33.6 Å². The second-order valence-corrected chi connectivity index (χ2v) is 22.8. The number of hydrogen-bond acceptors (Lipinski definition) is 9. The SMILES string of the molecule is CC(C)CC(=O)NC1CCN(C(=O)c2ccco2)C2CN(CC3CCCCC3)C(=O)[C@H](CC(C)C)N2C1=O.CC(C)C[C@H]1C(=O)N(CC2CCCCC2)CC2N(C(=O)c3ccco3)Cc3ccccc3C(=O)N21. The number of nitrogens with one attached hydrogen (secondary N) is 1. The molecular formula is C57H79N7O9. The molecule has 0 spiro atoms. The average molecular weight is 1010 g/mol. The Kier molecular flexibility index (Phi) is 17.5. The van der Waals surface area contributed by atoms with Crippen molar-refractivity contribution in [3.05, 3.63) is 83.7 Å². The molecule has 1 aromatic carbocycles. The number of rotatable bonds is 13. The number of hydrogen-bond donors (Lipinski definition) is 1. The van der Waals surface area contributed by atoms with Crippen molar-refractivity contribution < 1.29 is 42.4 Å². The Labute approximate surface area is 431 Å². The van der Waals surface area contributed by atoms with Crippen molar-refractivity contribution in [2.75, 3.05) is 32.7 Å². The van der Waals surface area contributed by atoms with Crippen molar-refractivity contribution in [3.8, 4) is 0 Å². The van der Waals surface area contributed by atoms with Crippen LogP contribution < -0.4 is 5.32 Å². The molecular weight excluding hydrogens is 927 g/mol. The van der Waals surface area contributed by atoms with E-state index in [1.54, 1.807) is 49.9 Å². The van der Waals surface area contributed by atoms with Crippen LogP contribution in [0.3, 0.4) is 0 Å². The Morgan fingerprint density at radius 2 is 1.10 bits per heavy atom. The molecule has 0 radical (unpaired) electrons. The van der Waals surface area contributed by atoms with Gasteiger partial charge in [0.2, 0.25) is 23.6 Å². The number of piperazine rings is 2. The summed E-state index contributed by atoms with van der Waals surface area (Å²) in [4.78, 5) is 106. The number of fused-ring (bicyclic) bond motifs is 3. The molecule has 396 valence electrons. The zero-order valence-electron chi connectivity index (χ0n) is 44.0. The highest BCUT2D eigenvalue weighted by Gasteiger charge is 2.52. The second kappa shape index (κ2) is 24.0. The molecule has 16 nitrogen and oxygen atoms in total. The van der Waals surface area contributed by atoms with Gasteiger partial charge >= 0.3 is 0 Å². The normalized spacial score (nSPS) is 24.3. The molecule has 5 atom stereocenters. The van der Waals surface area contributed by atoms with Crippen LogP contribution in [0.4, 0.5) is 0 Å². The molecule has 4 aliphatic heterocycles. The Morgan fingerprint density at radius 1 is 0.589 bits per heavy atom. The Morgan fingerprint density at radius 3 is 1.60 bits per heavy atom. The fourth-order valence-corrected chi connectivity index (χ4v) is 12.2. The molecule has 2 aromatic heterocycles. The maximum atomic E-state index is 14.1. The molecule has 1 N–H and O–H groups in total. The lowest BCUT2D eigenvalue weighted by Crippen LogP contribution is -2.69. The van der Waals surface area contributed by atoms with Crippen molar-refractivity contribution >= 4 is 41.4 Å². The number of furan rings is 2. The quantitative estimate of drug-likeness (QED) is 0.177. The van der Waals surface area contributed by atoms with Crippen LogP contribution in [0.2, 0.25) is 0 Å². The number of carbonyl (C=O) groups is 7. The van der Waals surface area contributed by atoms with Crippen LogP contribution in [0.25, 0.3) is 0 Å². The van der Waals surface area contributed by atoms with E-state index in [1.165, 1.54) is 51.1 Å². The van der Waals surface area contributed by atoms with Crippen LogP contribution in [-0.2, 0) is 25.7 Å². The van der Waals surface area contributed by atoms with Crippen LogP contribution >= 0.6 is 0 Å². The van der Waals surface area contributed by atoms with Gasteiger partial charge in [-0.15, -0.1) is 0 Å². The summed E-state index contributed by atoms with van der Waals surface area (Å²) >= 11 is 0. The van der Waals surface area contributed by atoms with E-state index in [-0.39, 0.29) is 90.1 Å². The molecule has 73 heavy (non-hydrogen) atoms. The summed E-state index contributed by atoms with van der Waals surface area (Å²) < 4.78 is 10.9. The molecule has 2 saturated carbocycles. The highest BCUT2D eigenvalue weighted by Crippen LogP contribution is 2.36. The standard InChI is InChI=1S/C29H44N4O5.C28H35N3O4/c1-19(2)15-23-28(36)31(17-21-9-6-5-7-10-21)18-26-32(29(37)24-11-8-14-38-24)13-12-22(27(35)33(23)26)30-25(34)16-20(3)4;1-19(2)15-23-27(33)29(16-20-9-4-3-5-10-20)18-25-30(28(34)24-13-8-14-35-24)17-21-11-6-7-12-22(21)26(32)31(23)25/h8,11,14,19-23,26H,5-7,9-10,12-13,15-18H2,1-4H3,(H,30,34);6-8,11-14,19-20,23,25H,3-5,9-10,15-18H2,1-2H3/t22?,23-,26?;23-,25?/m00/s1. The van der Waals surface area contributed by atoms with Gasteiger partial charge in [-0.05, 0) is 110 Å². The van der Waals surface area contributed by atoms with Gasteiger partial charge in [-0.1, -0.05) is 98.3 Å². The lowest BCUT2D eigenvalue weighted by molar-refractivity contribution is -0.163. The molecule has 0 bridgehead atoms. The third-order valence-corrected chi connectivity index (χ3v) is 15.7. The third kappa shape index (κ3) is 12.4. The van der Waals surface area contributed by atoms with Crippen LogP contribution in [0.5, 0.6) is 0 Å². The van der Waals surface area contributed by atoms with Gasteiger partial charge in [0, 0.05) is 38.2 Å². The van der Waals surface area contributed by atoms with Gasteiger partial charge in [0.25, 0.3) is 17.7 Å². The number of nitrogens with zero attached hydrogens (tertiary/aromatic N) is 6. The molecule has 9 rings (SSSR count). The Bertz CT molecular complexity index is 2390. The maximum Gasteiger partial charge on any atom is 0.291 e. The molecule has 5 fully saturated rings. The predicted molar refractivity (Wildman–Crippen MR) is 274 cm³/mol. The maximum absolute atomic E-state index is 14.1. The fourth-order valence-electron chi connectivity index (χ4n) is 12.2. The second-order valence-electron chi connectivity index (χ2n) is 22.8. The minimum atomic E-state index is -0.787. The van der Waals surface area contributed by atoms with Gasteiger partial charge in [-0.25, -0.2) is 0 Å². The van der Waals surface area contributed by atoms with E-state index < -0.39 is 30.5 Å². The minimum Gasteiger partial charge on any atom is -0.459 e. The highest BCUT2D eigenvalue weighted by molar-refractivity contribution is 6.01. The van der Waals surface area contributed by atoms with Crippen LogP contribution in [0.1, 0.15) is 168 Å². The van der Waals surface area contributed by atoms with E-state index in [9.17, 15) is 33.6 Å². The smallest absolute Gasteiger partial charge is 0.291 e. The van der Waals surface area contributed by atoms with Crippen LogP contribution in [-0.4, -0.2) is 134 Å². The van der Waals surface area contributed by atoms with Gasteiger partial charge in [0.1, 0.15) is 30.5 Å². The lowest BCUT2D eigenvalue weighted by Gasteiger charge is -2.49. The molecule has 3 unspecified atom stereocenters. The highest BCUT2D eigenvalue weighted by atomic mass is 16.3. The lowest BCUT2D eigenvalue weighted by atomic mass is 9.88.